The predicted octanol–water partition coefficient (Wildman–Crippen LogP) is 0.958. The maximum atomic E-state index is 11.8. The maximum absolute atomic E-state index is 11.8. The van der Waals surface area contributed by atoms with E-state index in [1.54, 1.807) is 0 Å². The Hall–Kier alpha value is -1.54. The largest absolute Gasteiger partial charge is 0.352 e. The number of rotatable bonds is 4. The van der Waals surface area contributed by atoms with Crippen LogP contribution >= 0.6 is 11.8 Å². The summed E-state index contributed by atoms with van der Waals surface area (Å²) in [6.45, 7) is 0. The van der Waals surface area contributed by atoms with E-state index in [4.69, 9.17) is 0 Å². The standard InChI is InChI=1S/C13H15N3O3S2/c17-12(14-9-5-6-21(18,19)8-9)7-20-13-15-10-3-1-2-4-11(10)16-13/h1-4,9H,5-8H2,(H,14,17)(H,15,16)/t9-/m0/s1. The quantitative estimate of drug-likeness (QED) is 0.817. The van der Waals surface area contributed by atoms with Gasteiger partial charge in [0.05, 0.1) is 28.3 Å². The number of aromatic amines is 1. The third kappa shape index (κ3) is 3.56. The second-order valence-electron chi connectivity index (χ2n) is 5.02. The zero-order valence-corrected chi connectivity index (χ0v) is 12.8. The first-order valence-corrected chi connectivity index (χ1v) is 9.40. The molecule has 1 fully saturated rings. The number of sulfone groups is 1. The highest BCUT2D eigenvalue weighted by molar-refractivity contribution is 7.99. The van der Waals surface area contributed by atoms with Crippen molar-refractivity contribution in [2.24, 2.45) is 0 Å². The first kappa shape index (κ1) is 14.4. The number of aromatic nitrogens is 2. The zero-order valence-electron chi connectivity index (χ0n) is 11.2. The highest BCUT2D eigenvalue weighted by atomic mass is 32.2. The Kier molecular flexibility index (Phi) is 3.90. The van der Waals surface area contributed by atoms with Crippen LogP contribution in [-0.2, 0) is 14.6 Å². The van der Waals surface area contributed by atoms with E-state index in [-0.39, 0.29) is 29.2 Å². The van der Waals surface area contributed by atoms with Gasteiger partial charge >= 0.3 is 0 Å². The number of nitrogens with one attached hydrogen (secondary N) is 2. The van der Waals surface area contributed by atoms with Crippen LogP contribution in [0.3, 0.4) is 0 Å². The Bertz CT molecular complexity index is 737. The zero-order chi connectivity index (χ0) is 14.9. The lowest BCUT2D eigenvalue weighted by atomic mass is 10.3. The number of amides is 1. The van der Waals surface area contributed by atoms with Crippen molar-refractivity contribution in [1.82, 2.24) is 15.3 Å². The van der Waals surface area contributed by atoms with Gasteiger partial charge in [-0.05, 0) is 18.6 Å². The van der Waals surface area contributed by atoms with Crippen molar-refractivity contribution in [2.45, 2.75) is 17.6 Å². The Balaban J connectivity index is 1.54. The molecule has 1 amide bonds. The molecule has 112 valence electrons. The van der Waals surface area contributed by atoms with Gasteiger partial charge in [-0.15, -0.1) is 0 Å². The van der Waals surface area contributed by atoms with Crippen molar-refractivity contribution >= 4 is 38.5 Å². The van der Waals surface area contributed by atoms with Gasteiger partial charge in [0.25, 0.3) is 0 Å². The first-order valence-electron chi connectivity index (χ1n) is 6.59. The number of hydrogen-bond acceptors (Lipinski definition) is 5. The number of H-pyrrole nitrogens is 1. The van der Waals surface area contributed by atoms with Gasteiger partial charge in [0.1, 0.15) is 0 Å². The molecular weight excluding hydrogens is 310 g/mol. The summed E-state index contributed by atoms with van der Waals surface area (Å²) in [6.07, 6.45) is 0.503. The van der Waals surface area contributed by atoms with Crippen molar-refractivity contribution in [3.05, 3.63) is 24.3 Å². The fourth-order valence-corrected chi connectivity index (χ4v) is 4.68. The minimum atomic E-state index is -2.97. The Labute approximate surface area is 126 Å². The van der Waals surface area contributed by atoms with E-state index in [2.05, 4.69) is 15.3 Å². The molecule has 2 aromatic rings. The smallest absolute Gasteiger partial charge is 0.230 e. The molecule has 1 atom stereocenters. The number of fused-ring (bicyclic) bond motifs is 1. The predicted molar refractivity (Wildman–Crippen MR) is 82.0 cm³/mol. The van der Waals surface area contributed by atoms with Crippen molar-refractivity contribution in [2.75, 3.05) is 17.3 Å². The van der Waals surface area contributed by atoms with Gasteiger partial charge in [0.2, 0.25) is 5.91 Å². The lowest BCUT2D eigenvalue weighted by Gasteiger charge is -2.09. The molecule has 0 radical (unpaired) electrons. The van der Waals surface area contributed by atoms with Crippen LogP contribution < -0.4 is 5.32 Å². The molecule has 8 heteroatoms. The lowest BCUT2D eigenvalue weighted by Crippen LogP contribution is -2.36. The van der Waals surface area contributed by atoms with E-state index in [1.165, 1.54) is 11.8 Å². The van der Waals surface area contributed by atoms with Gasteiger partial charge in [-0.2, -0.15) is 0 Å². The van der Waals surface area contributed by atoms with E-state index in [0.29, 0.717) is 11.6 Å². The number of carbonyl (C=O) groups is 1. The van der Waals surface area contributed by atoms with Crippen LogP contribution in [0.15, 0.2) is 29.4 Å². The number of imidazole rings is 1. The summed E-state index contributed by atoms with van der Waals surface area (Å²) < 4.78 is 22.7. The van der Waals surface area contributed by atoms with E-state index in [9.17, 15) is 13.2 Å². The molecule has 1 aliphatic rings. The number of thioether (sulfide) groups is 1. The number of benzene rings is 1. The van der Waals surface area contributed by atoms with Gasteiger partial charge in [0, 0.05) is 6.04 Å². The minimum absolute atomic E-state index is 0.0496. The minimum Gasteiger partial charge on any atom is -0.352 e. The van der Waals surface area contributed by atoms with Crippen LogP contribution in [-0.4, -0.2) is 47.6 Å². The van der Waals surface area contributed by atoms with Crippen LogP contribution in [0, 0.1) is 0 Å². The van der Waals surface area contributed by atoms with Crippen LogP contribution in [0.1, 0.15) is 6.42 Å². The van der Waals surface area contributed by atoms with Crippen LogP contribution in [0.25, 0.3) is 11.0 Å². The molecule has 21 heavy (non-hydrogen) atoms. The summed E-state index contributed by atoms with van der Waals surface area (Å²) in [6, 6.07) is 7.40. The second-order valence-corrected chi connectivity index (χ2v) is 8.21. The number of para-hydroxylation sites is 2. The van der Waals surface area contributed by atoms with E-state index < -0.39 is 9.84 Å². The van der Waals surface area contributed by atoms with Crippen LogP contribution in [0.4, 0.5) is 0 Å². The highest BCUT2D eigenvalue weighted by Gasteiger charge is 2.28. The SMILES string of the molecule is O=C(CSc1nc2ccccc2[nH]1)N[C@H]1CCS(=O)(=O)C1. The van der Waals surface area contributed by atoms with Crippen LogP contribution in [0.5, 0.6) is 0 Å². The average molecular weight is 325 g/mol. The maximum Gasteiger partial charge on any atom is 0.230 e. The fraction of sp³-hybridized carbons (Fsp3) is 0.385. The van der Waals surface area contributed by atoms with Gasteiger partial charge in [-0.3, -0.25) is 4.79 Å². The second kappa shape index (κ2) is 5.69. The topological polar surface area (TPSA) is 91.9 Å². The summed E-state index contributed by atoms with van der Waals surface area (Å²) in [5, 5.41) is 3.44. The van der Waals surface area contributed by atoms with E-state index in [1.807, 2.05) is 24.3 Å². The molecule has 1 saturated heterocycles. The Morgan fingerprint density at radius 1 is 1.43 bits per heavy atom. The Morgan fingerprint density at radius 3 is 2.95 bits per heavy atom. The number of nitrogens with zero attached hydrogens (tertiary/aromatic N) is 1. The van der Waals surface area contributed by atoms with Crippen molar-refractivity contribution in [1.29, 1.82) is 0 Å². The molecule has 1 aliphatic heterocycles. The molecule has 0 unspecified atom stereocenters. The molecule has 2 N–H and O–H groups in total. The van der Waals surface area contributed by atoms with E-state index >= 15 is 0 Å². The monoisotopic (exact) mass is 325 g/mol. The summed E-state index contributed by atoms with van der Waals surface area (Å²) in [5.41, 5.74) is 1.80. The third-order valence-corrected chi connectivity index (χ3v) is 5.95. The Morgan fingerprint density at radius 2 is 2.24 bits per heavy atom. The third-order valence-electron chi connectivity index (χ3n) is 3.31. The van der Waals surface area contributed by atoms with Crippen molar-refractivity contribution in [3.8, 4) is 0 Å². The van der Waals surface area contributed by atoms with Gasteiger partial charge in [-0.1, -0.05) is 23.9 Å². The average Bonchev–Trinajstić information content (AvgIpc) is 2.99. The molecular formula is C13H15N3O3S2. The van der Waals surface area contributed by atoms with E-state index in [0.717, 1.165) is 11.0 Å². The number of carbonyl (C=O) groups excluding carboxylic acids is 1. The molecule has 0 spiro atoms. The molecule has 0 bridgehead atoms. The lowest BCUT2D eigenvalue weighted by molar-refractivity contribution is -0.119. The summed E-state index contributed by atoms with van der Waals surface area (Å²) in [4.78, 5) is 19.3. The summed E-state index contributed by atoms with van der Waals surface area (Å²) >= 11 is 1.31. The summed E-state index contributed by atoms with van der Waals surface area (Å²) in [7, 11) is -2.97. The van der Waals surface area contributed by atoms with Gasteiger partial charge < -0.3 is 10.3 Å². The molecule has 2 heterocycles. The number of hydrogen-bond donors (Lipinski definition) is 2. The summed E-state index contributed by atoms with van der Waals surface area (Å²) in [5.74, 6) is 0.265. The first-order chi connectivity index (χ1) is 10.0. The molecule has 1 aromatic heterocycles. The highest BCUT2D eigenvalue weighted by Crippen LogP contribution is 2.19. The fourth-order valence-electron chi connectivity index (χ4n) is 2.31. The molecule has 6 nitrogen and oxygen atoms in total. The van der Waals surface area contributed by atoms with Gasteiger partial charge in [-0.25, -0.2) is 13.4 Å². The molecule has 3 rings (SSSR count). The molecule has 0 saturated carbocycles. The van der Waals surface area contributed by atoms with Gasteiger partial charge in [0.15, 0.2) is 15.0 Å². The molecule has 1 aromatic carbocycles. The normalized spacial score (nSPS) is 20.7. The van der Waals surface area contributed by atoms with Crippen molar-refractivity contribution < 1.29 is 13.2 Å². The van der Waals surface area contributed by atoms with Crippen molar-refractivity contribution in [3.63, 3.8) is 0 Å². The van der Waals surface area contributed by atoms with Crippen LogP contribution in [0.2, 0.25) is 0 Å². The molecule has 0 aliphatic carbocycles.